The standard InChI is InChI=1S/C36H60O4Si4/c1-33(2)23-34(3,28-19-16-26(17-20-28)31(39)35(4,24-37)43(12,13)41(6,7)8)30-22-27(18-21-29(30)33)32(40)36(5,25-38)44(14,15)42(9,10)11/h16-22,37-38H,23-25H2,1-15H3. The summed E-state index contributed by atoms with van der Waals surface area (Å²) in [4.78, 5) is 28.4. The third-order valence-corrected chi connectivity index (χ3v) is 52.9. The normalized spacial score (nSPS) is 21.8. The SMILES string of the molecule is CC1(C)CC(C)(c2ccc(C(=O)C(C)(CO)[Si](C)(C)[Si](C)(C)C)cc2)c2cc(C(=O)C(C)(CO)[Si](C)(C)[Si](C)(C)C)ccc21. The third-order valence-electron chi connectivity index (χ3n) is 13.3. The molecule has 0 heterocycles. The third kappa shape index (κ3) is 5.49. The van der Waals surface area contributed by atoms with Gasteiger partial charge in [0.25, 0.3) is 0 Å². The first-order valence-corrected chi connectivity index (χ1v) is 31.3. The molecule has 0 aromatic heterocycles. The Morgan fingerprint density at radius 1 is 0.659 bits per heavy atom. The number of hydrogen-bond donors (Lipinski definition) is 2. The number of fused-ring (bicyclic) bond motifs is 1. The highest BCUT2D eigenvalue weighted by molar-refractivity contribution is 7.42. The molecular weight excluding hydrogens is 609 g/mol. The van der Waals surface area contributed by atoms with E-state index >= 15 is 0 Å². The van der Waals surface area contributed by atoms with Crippen LogP contribution in [-0.4, -0.2) is 65.4 Å². The molecule has 8 heteroatoms. The smallest absolute Gasteiger partial charge is 0.168 e. The number of aliphatic hydroxyl groups excluding tert-OH is 2. The van der Waals surface area contributed by atoms with Crippen molar-refractivity contribution in [2.45, 2.75) is 127 Å². The van der Waals surface area contributed by atoms with Crippen molar-refractivity contribution >= 4 is 41.9 Å². The number of ketones is 2. The van der Waals surface area contributed by atoms with E-state index in [4.69, 9.17) is 0 Å². The quantitative estimate of drug-likeness (QED) is 0.185. The van der Waals surface area contributed by atoms with Crippen LogP contribution in [0.4, 0.5) is 0 Å². The summed E-state index contributed by atoms with van der Waals surface area (Å²) in [6.45, 7) is 33.6. The van der Waals surface area contributed by atoms with Crippen molar-refractivity contribution in [3.8, 4) is 0 Å². The summed E-state index contributed by atoms with van der Waals surface area (Å²) in [5, 5.41) is 19.8. The Balaban J connectivity index is 2.11. The maximum atomic E-state index is 14.3. The molecule has 2 aromatic rings. The highest BCUT2D eigenvalue weighted by atomic mass is 29.3. The van der Waals surface area contributed by atoms with Crippen LogP contribution in [0.25, 0.3) is 0 Å². The van der Waals surface area contributed by atoms with Gasteiger partial charge < -0.3 is 10.2 Å². The average Bonchev–Trinajstić information content (AvgIpc) is 3.14. The number of rotatable bonds is 11. The summed E-state index contributed by atoms with van der Waals surface area (Å²) in [6.07, 6.45) is 0.886. The van der Waals surface area contributed by atoms with Gasteiger partial charge in [-0.15, -0.1) is 0 Å². The van der Waals surface area contributed by atoms with E-state index in [1.807, 2.05) is 32.0 Å². The van der Waals surface area contributed by atoms with Gasteiger partial charge in [-0.3, -0.25) is 9.59 Å². The van der Waals surface area contributed by atoms with Crippen LogP contribution in [0.5, 0.6) is 0 Å². The highest BCUT2D eigenvalue weighted by Crippen LogP contribution is 2.54. The molecule has 44 heavy (non-hydrogen) atoms. The lowest BCUT2D eigenvalue weighted by Crippen LogP contribution is -2.63. The first-order valence-electron chi connectivity index (χ1n) is 16.3. The largest absolute Gasteiger partial charge is 0.396 e. The molecule has 3 rings (SSSR count). The zero-order chi connectivity index (χ0) is 34.1. The fourth-order valence-corrected chi connectivity index (χ4v) is 24.1. The Bertz CT molecular complexity index is 1430. The second kappa shape index (κ2) is 11.4. The van der Waals surface area contributed by atoms with Crippen LogP contribution in [0.3, 0.4) is 0 Å². The molecule has 0 spiro atoms. The van der Waals surface area contributed by atoms with E-state index in [9.17, 15) is 19.8 Å². The fraction of sp³-hybridized carbons (Fsp3) is 0.611. The Labute approximate surface area is 271 Å². The van der Waals surface area contributed by atoms with Gasteiger partial charge in [0.2, 0.25) is 0 Å². The number of carbonyl (C=O) groups excluding carboxylic acids is 2. The predicted octanol–water partition coefficient (Wildman–Crippen LogP) is 8.79. The van der Waals surface area contributed by atoms with Gasteiger partial charge in [0, 0.05) is 41.8 Å². The molecule has 2 aromatic carbocycles. The number of Topliss-reactive ketones (excluding diaryl/α,β-unsaturated/α-hetero) is 2. The van der Waals surface area contributed by atoms with Gasteiger partial charge >= 0.3 is 0 Å². The molecule has 4 nitrogen and oxygen atoms in total. The monoisotopic (exact) mass is 668 g/mol. The molecule has 1 aliphatic carbocycles. The van der Waals surface area contributed by atoms with E-state index in [-0.39, 0.29) is 35.6 Å². The minimum Gasteiger partial charge on any atom is -0.396 e. The molecule has 0 bridgehead atoms. The molecule has 244 valence electrons. The fourth-order valence-electron chi connectivity index (χ4n) is 7.45. The summed E-state index contributed by atoms with van der Waals surface area (Å²) in [5.41, 5.74) is 4.45. The van der Waals surface area contributed by atoms with Crippen molar-refractivity contribution < 1.29 is 19.8 Å². The van der Waals surface area contributed by atoms with Crippen molar-refractivity contribution in [3.05, 3.63) is 70.3 Å². The van der Waals surface area contributed by atoms with Crippen molar-refractivity contribution in [2.75, 3.05) is 13.2 Å². The van der Waals surface area contributed by atoms with Crippen molar-refractivity contribution in [3.63, 3.8) is 0 Å². The second-order valence-corrected chi connectivity index (χ2v) is 52.3. The summed E-state index contributed by atoms with van der Waals surface area (Å²) in [5.74, 6) is 0.112. The van der Waals surface area contributed by atoms with E-state index in [0.717, 1.165) is 17.5 Å². The highest BCUT2D eigenvalue weighted by Gasteiger charge is 2.56. The maximum absolute atomic E-state index is 14.3. The number of aliphatic hydroxyl groups is 2. The Morgan fingerprint density at radius 2 is 1.05 bits per heavy atom. The van der Waals surface area contributed by atoms with E-state index in [2.05, 4.69) is 111 Å². The molecule has 0 fully saturated rings. The van der Waals surface area contributed by atoms with Gasteiger partial charge in [-0.05, 0) is 34.6 Å². The average molecular weight is 669 g/mol. The van der Waals surface area contributed by atoms with Gasteiger partial charge in [0.15, 0.2) is 11.6 Å². The second-order valence-electron chi connectivity index (χ2n) is 18.1. The van der Waals surface area contributed by atoms with Gasteiger partial charge in [-0.1, -0.05) is 136 Å². The summed E-state index contributed by atoms with van der Waals surface area (Å²) >= 11 is 0. The van der Waals surface area contributed by atoms with Crippen LogP contribution in [0.15, 0.2) is 42.5 Å². The van der Waals surface area contributed by atoms with E-state index in [1.165, 1.54) is 5.56 Å². The van der Waals surface area contributed by atoms with Crippen LogP contribution in [0.1, 0.15) is 78.4 Å². The maximum Gasteiger partial charge on any atom is 0.168 e. The van der Waals surface area contributed by atoms with E-state index in [1.54, 1.807) is 0 Å². The summed E-state index contributed by atoms with van der Waals surface area (Å²) < 4.78 is 0. The molecule has 0 radical (unpaired) electrons. The minimum absolute atomic E-state index is 0.0494. The molecule has 3 unspecified atom stereocenters. The first kappa shape index (κ1) is 37.0. The van der Waals surface area contributed by atoms with Crippen LogP contribution in [-0.2, 0) is 10.8 Å². The van der Waals surface area contributed by atoms with Gasteiger partial charge in [-0.25, -0.2) is 0 Å². The molecule has 0 saturated heterocycles. The lowest BCUT2D eigenvalue weighted by atomic mass is 9.74. The number of carbonyl (C=O) groups is 2. The molecule has 0 aliphatic heterocycles. The predicted molar refractivity (Wildman–Crippen MR) is 198 cm³/mol. The van der Waals surface area contributed by atoms with Crippen LogP contribution < -0.4 is 0 Å². The molecule has 0 amide bonds. The van der Waals surface area contributed by atoms with Gasteiger partial charge in [0.1, 0.15) is 0 Å². The van der Waals surface area contributed by atoms with Gasteiger partial charge in [-0.2, -0.15) is 0 Å². The lowest BCUT2D eigenvalue weighted by molar-refractivity contribution is 0.0879. The summed E-state index contributed by atoms with van der Waals surface area (Å²) in [6, 6.07) is 14.3. The Kier molecular flexibility index (Phi) is 9.57. The van der Waals surface area contributed by atoms with E-state index in [0.29, 0.717) is 11.1 Å². The lowest BCUT2D eigenvalue weighted by Gasteiger charge is -2.48. The Morgan fingerprint density at radius 3 is 1.43 bits per heavy atom. The molecule has 1 aliphatic rings. The Hall–Kier alpha value is -1.43. The molecular formula is C36H60O4Si4. The first-order chi connectivity index (χ1) is 19.7. The van der Waals surface area contributed by atoms with Crippen molar-refractivity contribution in [2.24, 2.45) is 0 Å². The van der Waals surface area contributed by atoms with Crippen molar-refractivity contribution in [1.29, 1.82) is 0 Å². The topological polar surface area (TPSA) is 74.6 Å². The van der Waals surface area contributed by atoms with Gasteiger partial charge in [0.05, 0.1) is 28.4 Å². The molecule has 0 saturated carbocycles. The molecule has 3 atom stereocenters. The van der Waals surface area contributed by atoms with Crippen LogP contribution >= 0.6 is 0 Å². The minimum atomic E-state index is -2.12. The zero-order valence-electron chi connectivity index (χ0n) is 30.4. The number of hydrogen-bond acceptors (Lipinski definition) is 4. The van der Waals surface area contributed by atoms with Crippen molar-refractivity contribution in [1.82, 2.24) is 0 Å². The zero-order valence-corrected chi connectivity index (χ0v) is 34.4. The number of benzene rings is 2. The summed E-state index contributed by atoms with van der Waals surface area (Å²) in [7, 11) is -7.58. The van der Waals surface area contributed by atoms with E-state index < -0.39 is 40.4 Å². The van der Waals surface area contributed by atoms with Crippen LogP contribution in [0.2, 0.25) is 75.5 Å². The van der Waals surface area contributed by atoms with Crippen LogP contribution in [0, 0.1) is 0 Å². The molecule has 2 N–H and O–H groups in total.